The molecule has 0 aliphatic heterocycles. The van der Waals surface area contributed by atoms with E-state index in [-0.39, 0.29) is 0 Å². The number of Topliss-reactive ketones (excluding diaryl/α,β-unsaturated/α-hetero) is 1. The summed E-state index contributed by atoms with van der Waals surface area (Å²) in [5, 5.41) is 0. The molecule has 0 aromatic heterocycles. The molecule has 122 valence electrons. The van der Waals surface area contributed by atoms with Gasteiger partial charge in [-0.05, 0) is 12.1 Å². The molecule has 0 heterocycles. The first-order chi connectivity index (χ1) is 9.80. The van der Waals surface area contributed by atoms with Gasteiger partial charge in [-0.1, -0.05) is 18.2 Å². The number of anilines is 1. The molecular weight excluding hydrogens is 344 g/mol. The van der Waals surface area contributed by atoms with E-state index >= 15 is 0 Å². The van der Waals surface area contributed by atoms with Crippen molar-refractivity contribution in [3.05, 3.63) is 30.3 Å². The van der Waals surface area contributed by atoms with Gasteiger partial charge in [0, 0.05) is 0 Å². The van der Waals surface area contributed by atoms with Crippen molar-refractivity contribution >= 4 is 27.4 Å². The van der Waals surface area contributed by atoms with Crippen LogP contribution in [-0.2, 0) is 19.6 Å². The molecular formula is C10H5F6NO4S. The molecule has 1 aromatic rings. The monoisotopic (exact) mass is 349 g/mol. The first-order valence-electron chi connectivity index (χ1n) is 5.12. The molecule has 0 aliphatic carbocycles. The highest BCUT2D eigenvalue weighted by Crippen LogP contribution is 2.32. The molecule has 0 saturated heterocycles. The van der Waals surface area contributed by atoms with Gasteiger partial charge in [0.2, 0.25) is 0 Å². The first kappa shape index (κ1) is 17.9. The Morgan fingerprint density at radius 3 is 1.73 bits per heavy atom. The van der Waals surface area contributed by atoms with Crippen LogP contribution < -0.4 is 4.31 Å². The highest BCUT2D eigenvalue weighted by molar-refractivity contribution is 7.94. The first-order valence-corrected chi connectivity index (χ1v) is 6.56. The van der Waals surface area contributed by atoms with Crippen LogP contribution in [0.15, 0.2) is 30.3 Å². The lowest BCUT2D eigenvalue weighted by atomic mass is 10.3. The fourth-order valence-electron chi connectivity index (χ4n) is 1.25. The molecule has 0 aliphatic rings. The Bertz CT molecular complexity index is 680. The molecule has 0 saturated carbocycles. The Morgan fingerprint density at radius 1 is 0.909 bits per heavy atom. The van der Waals surface area contributed by atoms with Gasteiger partial charge in [-0.2, -0.15) is 39.1 Å². The lowest BCUT2D eigenvalue weighted by molar-refractivity contribution is -0.174. The van der Waals surface area contributed by atoms with Gasteiger partial charge in [0.25, 0.3) is 0 Å². The Labute approximate surface area is 119 Å². The number of hydrogen-bond donors (Lipinski definition) is 0. The predicted molar refractivity (Wildman–Crippen MR) is 60.0 cm³/mol. The number of carbonyl (C=O) groups is 2. The number of carbonyl (C=O) groups excluding carboxylic acids is 2. The van der Waals surface area contributed by atoms with Gasteiger partial charge < -0.3 is 0 Å². The van der Waals surface area contributed by atoms with Crippen LogP contribution in [0.3, 0.4) is 0 Å². The van der Waals surface area contributed by atoms with Crippen molar-refractivity contribution in [1.82, 2.24) is 0 Å². The summed E-state index contributed by atoms with van der Waals surface area (Å²) in [6.45, 7) is 0. The molecule has 1 aromatic carbocycles. The Kier molecular flexibility index (Phi) is 4.56. The minimum atomic E-state index is -6.53. The molecule has 0 atom stereocenters. The number of sulfonamides is 1. The molecule has 22 heavy (non-hydrogen) atoms. The van der Waals surface area contributed by atoms with Crippen LogP contribution in [0.1, 0.15) is 0 Å². The number of ketones is 1. The van der Waals surface area contributed by atoms with Crippen molar-refractivity contribution in [3.63, 3.8) is 0 Å². The fraction of sp³-hybridized carbons (Fsp3) is 0.200. The zero-order valence-corrected chi connectivity index (χ0v) is 11.0. The number of halogens is 6. The maximum Gasteiger partial charge on any atom is 0.517 e. The van der Waals surface area contributed by atoms with Crippen LogP contribution in [0.5, 0.6) is 0 Å². The smallest absolute Gasteiger partial charge is 0.278 e. The standard InChI is InChI=1S/C10H5F6NO4S/c11-9(12,13)7(18)8(19)17(6-4-2-1-3-5-6)22(20,21)10(14,15)16/h1-5H. The van der Waals surface area contributed by atoms with Gasteiger partial charge in [0.15, 0.2) is 0 Å². The molecule has 1 amide bonds. The maximum absolute atomic E-state index is 12.5. The summed E-state index contributed by atoms with van der Waals surface area (Å²) < 4.78 is 95.5. The van der Waals surface area contributed by atoms with E-state index in [1.54, 1.807) is 0 Å². The van der Waals surface area contributed by atoms with Crippen LogP contribution >= 0.6 is 0 Å². The lowest BCUT2D eigenvalue weighted by Gasteiger charge is -2.23. The Hall–Kier alpha value is -2.11. The molecule has 0 radical (unpaired) electrons. The molecule has 0 bridgehead atoms. The lowest BCUT2D eigenvalue weighted by Crippen LogP contribution is -2.50. The molecule has 1 rings (SSSR count). The zero-order chi connectivity index (χ0) is 17.3. The highest BCUT2D eigenvalue weighted by atomic mass is 32.2. The van der Waals surface area contributed by atoms with Crippen molar-refractivity contribution in [2.75, 3.05) is 4.31 Å². The van der Waals surface area contributed by atoms with Crippen LogP contribution in [0.4, 0.5) is 32.0 Å². The van der Waals surface area contributed by atoms with E-state index < -0.39 is 43.4 Å². The summed E-state index contributed by atoms with van der Waals surface area (Å²) in [5.74, 6) is -6.12. The molecule has 5 nitrogen and oxygen atoms in total. The minimum Gasteiger partial charge on any atom is -0.278 e. The molecule has 0 N–H and O–H groups in total. The number of alkyl halides is 6. The quantitative estimate of drug-likeness (QED) is 0.618. The minimum absolute atomic E-state index is 0.630. The number of para-hydroxylation sites is 1. The number of hydrogen-bond acceptors (Lipinski definition) is 4. The van der Waals surface area contributed by atoms with E-state index in [9.17, 15) is 44.3 Å². The summed E-state index contributed by atoms with van der Waals surface area (Å²) in [5.41, 5.74) is -7.13. The third-order valence-electron chi connectivity index (χ3n) is 2.16. The summed E-state index contributed by atoms with van der Waals surface area (Å²) in [7, 11) is -6.53. The van der Waals surface area contributed by atoms with Gasteiger partial charge in [-0.15, -0.1) is 0 Å². The van der Waals surface area contributed by atoms with Gasteiger partial charge in [-0.3, -0.25) is 9.59 Å². The van der Waals surface area contributed by atoms with Crippen LogP contribution in [-0.4, -0.2) is 31.8 Å². The van der Waals surface area contributed by atoms with Crippen molar-refractivity contribution in [2.24, 2.45) is 0 Å². The van der Waals surface area contributed by atoms with Gasteiger partial charge in [0.1, 0.15) is 0 Å². The number of benzene rings is 1. The van der Waals surface area contributed by atoms with E-state index in [1.807, 2.05) is 0 Å². The van der Waals surface area contributed by atoms with E-state index in [1.165, 1.54) is 6.07 Å². The van der Waals surface area contributed by atoms with Crippen LogP contribution in [0.25, 0.3) is 0 Å². The summed E-state index contributed by atoms with van der Waals surface area (Å²) >= 11 is 0. The number of nitrogens with zero attached hydrogens (tertiary/aromatic N) is 1. The van der Waals surface area contributed by atoms with Crippen molar-refractivity contribution in [2.45, 2.75) is 11.7 Å². The van der Waals surface area contributed by atoms with E-state index in [0.717, 1.165) is 12.1 Å². The fourth-order valence-corrected chi connectivity index (χ4v) is 2.15. The molecule has 0 fully saturated rings. The topological polar surface area (TPSA) is 71.5 Å². The second kappa shape index (κ2) is 5.59. The third kappa shape index (κ3) is 3.37. The average Bonchev–Trinajstić information content (AvgIpc) is 2.36. The molecule has 0 spiro atoms. The van der Waals surface area contributed by atoms with Crippen LogP contribution in [0.2, 0.25) is 0 Å². The molecule has 12 heteroatoms. The summed E-state index contributed by atoms with van der Waals surface area (Å²) in [6.07, 6.45) is -5.83. The largest absolute Gasteiger partial charge is 0.517 e. The van der Waals surface area contributed by atoms with Crippen LogP contribution in [0, 0.1) is 0 Å². The zero-order valence-electron chi connectivity index (χ0n) is 10.1. The number of amides is 1. The summed E-state index contributed by atoms with van der Waals surface area (Å²) in [4.78, 5) is 22.2. The van der Waals surface area contributed by atoms with E-state index in [0.29, 0.717) is 12.1 Å². The average molecular weight is 349 g/mol. The van der Waals surface area contributed by atoms with Crippen molar-refractivity contribution in [1.29, 1.82) is 0 Å². The highest BCUT2D eigenvalue weighted by Gasteiger charge is 2.56. The van der Waals surface area contributed by atoms with Crippen molar-refractivity contribution < 1.29 is 44.3 Å². The second-order valence-electron chi connectivity index (χ2n) is 3.68. The van der Waals surface area contributed by atoms with Gasteiger partial charge in [-0.25, -0.2) is 0 Å². The van der Waals surface area contributed by atoms with E-state index in [2.05, 4.69) is 0 Å². The Morgan fingerprint density at radius 2 is 1.36 bits per heavy atom. The summed E-state index contributed by atoms with van der Waals surface area (Å²) in [6, 6.07) is 4.41. The Balaban J connectivity index is 3.51. The number of rotatable bonds is 3. The third-order valence-corrected chi connectivity index (χ3v) is 3.60. The van der Waals surface area contributed by atoms with Gasteiger partial charge in [0.05, 0.1) is 5.69 Å². The predicted octanol–water partition coefficient (Wildman–Crippen LogP) is 2.00. The second-order valence-corrected chi connectivity index (χ2v) is 5.46. The SMILES string of the molecule is O=C(C(=O)C(F)(F)F)N(c1ccccc1)S(=O)(=O)C(F)(F)F. The normalized spacial score (nSPS) is 12.8. The van der Waals surface area contributed by atoms with E-state index in [4.69, 9.17) is 0 Å². The van der Waals surface area contributed by atoms with Gasteiger partial charge >= 0.3 is 33.4 Å². The van der Waals surface area contributed by atoms with Crippen molar-refractivity contribution in [3.8, 4) is 0 Å². The maximum atomic E-state index is 12.5. The molecule has 0 unspecified atom stereocenters.